The molecule has 1 aliphatic carbocycles. The van der Waals surface area contributed by atoms with Crippen molar-refractivity contribution in [3.8, 4) is 0 Å². The first-order valence-electron chi connectivity index (χ1n) is 5.79. The van der Waals surface area contributed by atoms with Crippen LogP contribution in [0, 0.1) is 5.92 Å². The minimum Gasteiger partial charge on any atom is -0.338 e. The van der Waals surface area contributed by atoms with E-state index < -0.39 is 0 Å². The standard InChI is InChI=1S/C11H19N3O/c1-3-9(12)11-13-10(14-15-11)8-5-4-7(2)6-8/h7-9H,3-6,12H2,1-2H3. The molecule has 1 aromatic rings. The molecule has 2 rings (SSSR count). The molecule has 4 nitrogen and oxygen atoms in total. The van der Waals surface area contributed by atoms with Gasteiger partial charge in [-0.2, -0.15) is 4.98 Å². The van der Waals surface area contributed by atoms with Gasteiger partial charge in [0.25, 0.3) is 0 Å². The van der Waals surface area contributed by atoms with Crippen molar-refractivity contribution < 1.29 is 4.52 Å². The van der Waals surface area contributed by atoms with Crippen LogP contribution in [0.5, 0.6) is 0 Å². The SMILES string of the molecule is CCC(N)c1nc(C2CCC(C)C2)no1. The van der Waals surface area contributed by atoms with Gasteiger partial charge in [0.1, 0.15) is 0 Å². The van der Waals surface area contributed by atoms with E-state index in [1.165, 1.54) is 19.3 Å². The highest BCUT2D eigenvalue weighted by molar-refractivity contribution is 5.00. The second-order valence-electron chi connectivity index (χ2n) is 4.62. The quantitative estimate of drug-likeness (QED) is 0.830. The van der Waals surface area contributed by atoms with Crippen molar-refractivity contribution in [3.63, 3.8) is 0 Å². The summed E-state index contributed by atoms with van der Waals surface area (Å²) in [5.74, 6) is 2.73. The van der Waals surface area contributed by atoms with Gasteiger partial charge in [0.15, 0.2) is 5.82 Å². The van der Waals surface area contributed by atoms with Gasteiger partial charge in [0.2, 0.25) is 5.89 Å². The second-order valence-corrected chi connectivity index (χ2v) is 4.62. The summed E-state index contributed by atoms with van der Waals surface area (Å²) in [5, 5.41) is 4.04. The maximum absolute atomic E-state index is 5.84. The Balaban J connectivity index is 2.07. The van der Waals surface area contributed by atoms with E-state index in [9.17, 15) is 0 Å². The first kappa shape index (κ1) is 10.6. The van der Waals surface area contributed by atoms with E-state index in [0.717, 1.165) is 18.2 Å². The third-order valence-electron chi connectivity index (χ3n) is 3.27. The summed E-state index contributed by atoms with van der Waals surface area (Å²) in [6, 6.07) is -0.106. The minimum atomic E-state index is -0.106. The summed E-state index contributed by atoms with van der Waals surface area (Å²) < 4.78 is 5.18. The molecule has 0 spiro atoms. The summed E-state index contributed by atoms with van der Waals surface area (Å²) >= 11 is 0. The van der Waals surface area contributed by atoms with Gasteiger partial charge in [-0.3, -0.25) is 0 Å². The number of rotatable bonds is 3. The van der Waals surface area contributed by atoms with Crippen LogP contribution in [0.4, 0.5) is 0 Å². The fraction of sp³-hybridized carbons (Fsp3) is 0.818. The van der Waals surface area contributed by atoms with Crippen molar-refractivity contribution in [2.45, 2.75) is 51.5 Å². The molecular formula is C11H19N3O. The Morgan fingerprint density at radius 3 is 2.93 bits per heavy atom. The van der Waals surface area contributed by atoms with E-state index in [1.807, 2.05) is 6.92 Å². The summed E-state index contributed by atoms with van der Waals surface area (Å²) in [6.45, 7) is 4.30. The number of hydrogen-bond acceptors (Lipinski definition) is 4. The number of nitrogens with zero attached hydrogens (tertiary/aromatic N) is 2. The zero-order chi connectivity index (χ0) is 10.8. The van der Waals surface area contributed by atoms with Crippen molar-refractivity contribution in [1.82, 2.24) is 10.1 Å². The summed E-state index contributed by atoms with van der Waals surface area (Å²) in [7, 11) is 0. The Morgan fingerprint density at radius 2 is 2.33 bits per heavy atom. The second kappa shape index (κ2) is 4.31. The molecule has 3 atom stereocenters. The molecule has 1 saturated carbocycles. The molecule has 15 heavy (non-hydrogen) atoms. The topological polar surface area (TPSA) is 64.9 Å². The van der Waals surface area contributed by atoms with Crippen molar-refractivity contribution in [3.05, 3.63) is 11.7 Å². The lowest BCUT2D eigenvalue weighted by atomic mass is 10.1. The van der Waals surface area contributed by atoms with Crippen LogP contribution in [0.2, 0.25) is 0 Å². The summed E-state index contributed by atoms with van der Waals surface area (Å²) in [4.78, 5) is 4.39. The molecule has 4 heteroatoms. The molecule has 0 amide bonds. The lowest BCUT2D eigenvalue weighted by molar-refractivity contribution is 0.345. The molecule has 1 heterocycles. The predicted molar refractivity (Wildman–Crippen MR) is 57.3 cm³/mol. The van der Waals surface area contributed by atoms with Crippen LogP contribution in [0.15, 0.2) is 4.52 Å². The van der Waals surface area contributed by atoms with Crippen molar-refractivity contribution in [1.29, 1.82) is 0 Å². The van der Waals surface area contributed by atoms with Crippen LogP contribution < -0.4 is 5.73 Å². The van der Waals surface area contributed by atoms with Crippen LogP contribution in [0.1, 0.15) is 63.2 Å². The summed E-state index contributed by atoms with van der Waals surface area (Å²) in [6.07, 6.45) is 4.47. The zero-order valence-corrected chi connectivity index (χ0v) is 9.44. The van der Waals surface area contributed by atoms with E-state index >= 15 is 0 Å². The third-order valence-corrected chi connectivity index (χ3v) is 3.27. The Hall–Kier alpha value is -0.900. The van der Waals surface area contributed by atoms with Gasteiger partial charge < -0.3 is 10.3 Å². The maximum atomic E-state index is 5.84. The van der Waals surface area contributed by atoms with Crippen LogP contribution in [-0.4, -0.2) is 10.1 Å². The maximum Gasteiger partial charge on any atom is 0.243 e. The fourth-order valence-corrected chi connectivity index (χ4v) is 2.18. The molecular weight excluding hydrogens is 190 g/mol. The van der Waals surface area contributed by atoms with Crippen LogP contribution in [-0.2, 0) is 0 Å². The van der Waals surface area contributed by atoms with Crippen molar-refractivity contribution in [2.24, 2.45) is 11.7 Å². The van der Waals surface area contributed by atoms with Crippen molar-refractivity contribution in [2.75, 3.05) is 0 Å². The minimum absolute atomic E-state index is 0.106. The van der Waals surface area contributed by atoms with Crippen LogP contribution in [0.25, 0.3) is 0 Å². The highest BCUT2D eigenvalue weighted by Crippen LogP contribution is 2.36. The van der Waals surface area contributed by atoms with Gasteiger partial charge in [0.05, 0.1) is 6.04 Å². The number of nitrogens with two attached hydrogens (primary N) is 1. The van der Waals surface area contributed by atoms with Crippen molar-refractivity contribution >= 4 is 0 Å². The lowest BCUT2D eigenvalue weighted by Gasteiger charge is -2.02. The molecule has 0 radical (unpaired) electrons. The first-order valence-corrected chi connectivity index (χ1v) is 5.79. The van der Waals surface area contributed by atoms with E-state index in [-0.39, 0.29) is 6.04 Å². The average Bonchev–Trinajstić information content (AvgIpc) is 2.84. The molecule has 0 saturated heterocycles. The van der Waals surface area contributed by atoms with Gasteiger partial charge in [-0.25, -0.2) is 0 Å². The predicted octanol–water partition coefficient (Wildman–Crippen LogP) is 2.38. The zero-order valence-electron chi connectivity index (χ0n) is 9.44. The lowest BCUT2D eigenvalue weighted by Crippen LogP contribution is -2.09. The molecule has 1 aliphatic rings. The highest BCUT2D eigenvalue weighted by atomic mass is 16.5. The molecule has 3 unspecified atom stereocenters. The summed E-state index contributed by atoms with van der Waals surface area (Å²) in [5.41, 5.74) is 5.84. The Labute approximate surface area is 90.2 Å². The van der Waals surface area contributed by atoms with E-state index in [1.54, 1.807) is 0 Å². The van der Waals surface area contributed by atoms with E-state index in [2.05, 4.69) is 17.1 Å². The Bertz CT molecular complexity index is 323. The Kier molecular flexibility index (Phi) is 3.05. The third kappa shape index (κ3) is 2.20. The van der Waals surface area contributed by atoms with Gasteiger partial charge in [-0.05, 0) is 31.6 Å². The molecule has 1 aromatic heterocycles. The molecule has 2 N–H and O–H groups in total. The molecule has 0 aromatic carbocycles. The van der Waals surface area contributed by atoms with Gasteiger partial charge in [-0.15, -0.1) is 0 Å². The van der Waals surface area contributed by atoms with Gasteiger partial charge >= 0.3 is 0 Å². The normalized spacial score (nSPS) is 28.2. The highest BCUT2D eigenvalue weighted by Gasteiger charge is 2.27. The molecule has 0 aliphatic heterocycles. The first-order chi connectivity index (χ1) is 7.20. The average molecular weight is 209 g/mol. The van der Waals surface area contributed by atoms with Gasteiger partial charge in [0, 0.05) is 5.92 Å². The molecule has 1 fully saturated rings. The molecule has 84 valence electrons. The number of hydrogen-bond donors (Lipinski definition) is 1. The number of aromatic nitrogens is 2. The monoisotopic (exact) mass is 209 g/mol. The fourth-order valence-electron chi connectivity index (χ4n) is 2.18. The van der Waals surface area contributed by atoms with Crippen LogP contribution >= 0.6 is 0 Å². The largest absolute Gasteiger partial charge is 0.338 e. The van der Waals surface area contributed by atoms with Crippen LogP contribution in [0.3, 0.4) is 0 Å². The Morgan fingerprint density at radius 1 is 1.53 bits per heavy atom. The molecule has 0 bridgehead atoms. The van der Waals surface area contributed by atoms with Gasteiger partial charge in [-0.1, -0.05) is 19.0 Å². The van der Waals surface area contributed by atoms with E-state index in [0.29, 0.717) is 11.8 Å². The van der Waals surface area contributed by atoms with E-state index in [4.69, 9.17) is 10.3 Å². The smallest absolute Gasteiger partial charge is 0.243 e.